The first kappa shape index (κ1) is 15.5. The van der Waals surface area contributed by atoms with Gasteiger partial charge in [0, 0.05) is 6.54 Å². The summed E-state index contributed by atoms with van der Waals surface area (Å²) in [7, 11) is -3.49. The molecule has 4 N–H and O–H groups in total. The minimum absolute atomic E-state index is 0.276. The van der Waals surface area contributed by atoms with Crippen LogP contribution in [0.2, 0.25) is 0 Å². The number of hydrogen-bond donors (Lipinski definition) is 3. The molecule has 0 bridgehead atoms. The molecular weight excluding hydrogens is 276 g/mol. The molecule has 1 fully saturated rings. The van der Waals surface area contributed by atoms with Gasteiger partial charge >= 0.3 is 0 Å². The van der Waals surface area contributed by atoms with E-state index in [1.54, 1.807) is 13.8 Å². The summed E-state index contributed by atoms with van der Waals surface area (Å²) in [5.41, 5.74) is 6.87. The number of aromatic nitrogens is 2. The number of nitrogens with one attached hydrogen (secondary N) is 2. The number of aromatic amines is 1. The molecule has 114 valence electrons. The molecule has 2 unspecified atom stereocenters. The molecule has 2 atom stereocenters. The van der Waals surface area contributed by atoms with Crippen LogP contribution in [-0.2, 0) is 10.0 Å². The fourth-order valence-electron chi connectivity index (χ4n) is 3.09. The van der Waals surface area contributed by atoms with Gasteiger partial charge in [-0.3, -0.25) is 5.10 Å². The molecule has 0 aliphatic heterocycles. The van der Waals surface area contributed by atoms with Gasteiger partial charge in [0.05, 0.1) is 11.4 Å². The van der Waals surface area contributed by atoms with Gasteiger partial charge < -0.3 is 5.73 Å². The first-order valence-corrected chi connectivity index (χ1v) is 8.65. The van der Waals surface area contributed by atoms with Crippen LogP contribution in [0.15, 0.2) is 4.90 Å². The topological polar surface area (TPSA) is 101 Å². The summed E-state index contributed by atoms with van der Waals surface area (Å²) in [6.07, 6.45) is 4.51. The van der Waals surface area contributed by atoms with Crippen LogP contribution in [0.3, 0.4) is 0 Å². The molecule has 0 amide bonds. The van der Waals surface area contributed by atoms with Crippen LogP contribution in [0.25, 0.3) is 0 Å². The van der Waals surface area contributed by atoms with Crippen molar-refractivity contribution < 1.29 is 8.42 Å². The van der Waals surface area contributed by atoms with E-state index in [1.165, 1.54) is 6.42 Å². The number of sulfonamides is 1. The van der Waals surface area contributed by atoms with Crippen LogP contribution in [0.1, 0.15) is 37.1 Å². The Labute approximate surface area is 120 Å². The Kier molecular flexibility index (Phi) is 4.82. The number of aryl methyl sites for hydroxylation is 2. The van der Waals surface area contributed by atoms with Crippen LogP contribution < -0.4 is 10.5 Å². The van der Waals surface area contributed by atoms with Crippen LogP contribution in [0.5, 0.6) is 0 Å². The Morgan fingerprint density at radius 2 is 1.95 bits per heavy atom. The standard InChI is InChI=1S/C13H24N4O2S/c1-9-13(10(2)17-16-9)20(18,19)15-8-12-6-4-3-5-11(12)7-14/h11-12,15H,3-8,14H2,1-2H3,(H,16,17). The normalized spacial score (nSPS) is 23.9. The van der Waals surface area contributed by atoms with E-state index >= 15 is 0 Å². The quantitative estimate of drug-likeness (QED) is 0.757. The van der Waals surface area contributed by atoms with Gasteiger partial charge in [0.1, 0.15) is 4.90 Å². The van der Waals surface area contributed by atoms with Crippen molar-refractivity contribution in [1.29, 1.82) is 0 Å². The molecule has 1 aromatic rings. The second kappa shape index (κ2) is 6.24. The van der Waals surface area contributed by atoms with E-state index in [1.807, 2.05) is 0 Å². The molecular formula is C13H24N4O2S. The van der Waals surface area contributed by atoms with E-state index in [0.717, 1.165) is 19.3 Å². The first-order chi connectivity index (χ1) is 9.45. The van der Waals surface area contributed by atoms with Gasteiger partial charge in [0.2, 0.25) is 10.0 Å². The second-order valence-corrected chi connectivity index (χ2v) is 7.36. The minimum atomic E-state index is -3.49. The van der Waals surface area contributed by atoms with Crippen LogP contribution in [0, 0.1) is 25.7 Å². The predicted octanol–water partition coefficient (Wildman–Crippen LogP) is 1.07. The van der Waals surface area contributed by atoms with Gasteiger partial charge in [0.25, 0.3) is 0 Å². The Bertz CT molecular complexity index is 533. The smallest absolute Gasteiger partial charge is 0.244 e. The summed E-state index contributed by atoms with van der Waals surface area (Å²) in [4.78, 5) is 0.276. The molecule has 0 aromatic carbocycles. The van der Waals surface area contributed by atoms with Gasteiger partial charge in [0.15, 0.2) is 0 Å². The van der Waals surface area contributed by atoms with E-state index in [4.69, 9.17) is 5.73 Å². The number of rotatable bonds is 5. The lowest BCUT2D eigenvalue weighted by atomic mass is 9.79. The highest BCUT2D eigenvalue weighted by atomic mass is 32.2. The SMILES string of the molecule is Cc1n[nH]c(C)c1S(=O)(=O)NCC1CCCCC1CN. The number of nitrogens with two attached hydrogens (primary N) is 1. The van der Waals surface area contributed by atoms with E-state index < -0.39 is 10.0 Å². The highest BCUT2D eigenvalue weighted by molar-refractivity contribution is 7.89. The summed E-state index contributed by atoms with van der Waals surface area (Å²) in [6.45, 7) is 4.52. The van der Waals surface area contributed by atoms with Crippen molar-refractivity contribution in [1.82, 2.24) is 14.9 Å². The summed E-state index contributed by atoms with van der Waals surface area (Å²) in [5, 5.41) is 6.66. The monoisotopic (exact) mass is 300 g/mol. The zero-order valence-corrected chi connectivity index (χ0v) is 13.0. The van der Waals surface area contributed by atoms with Gasteiger partial charge in [-0.2, -0.15) is 5.10 Å². The molecule has 6 nitrogen and oxygen atoms in total. The van der Waals surface area contributed by atoms with Crippen molar-refractivity contribution in [3.05, 3.63) is 11.4 Å². The maximum absolute atomic E-state index is 12.4. The molecule has 1 heterocycles. The Morgan fingerprint density at radius 1 is 1.30 bits per heavy atom. The zero-order valence-electron chi connectivity index (χ0n) is 12.1. The number of hydrogen-bond acceptors (Lipinski definition) is 4. The average Bonchev–Trinajstić information content (AvgIpc) is 2.77. The molecule has 20 heavy (non-hydrogen) atoms. The Balaban J connectivity index is 2.06. The van der Waals surface area contributed by atoms with E-state index in [-0.39, 0.29) is 4.90 Å². The third kappa shape index (κ3) is 3.21. The number of H-pyrrole nitrogens is 1. The molecule has 7 heteroatoms. The third-order valence-electron chi connectivity index (χ3n) is 4.23. The van der Waals surface area contributed by atoms with Crippen LogP contribution in [0.4, 0.5) is 0 Å². The lowest BCUT2D eigenvalue weighted by molar-refractivity contribution is 0.244. The maximum atomic E-state index is 12.4. The molecule has 1 saturated carbocycles. The number of nitrogens with zero attached hydrogens (tertiary/aromatic N) is 1. The van der Waals surface area contributed by atoms with Crippen LogP contribution in [-0.4, -0.2) is 31.7 Å². The van der Waals surface area contributed by atoms with Crippen molar-refractivity contribution in [3.63, 3.8) is 0 Å². The van der Waals surface area contributed by atoms with Gasteiger partial charge in [-0.25, -0.2) is 13.1 Å². The Morgan fingerprint density at radius 3 is 2.50 bits per heavy atom. The van der Waals surface area contributed by atoms with Crippen molar-refractivity contribution in [2.24, 2.45) is 17.6 Å². The third-order valence-corrected chi connectivity index (χ3v) is 5.92. The largest absolute Gasteiger partial charge is 0.330 e. The lowest BCUT2D eigenvalue weighted by Crippen LogP contribution is -2.37. The molecule has 1 aliphatic carbocycles. The molecule has 0 radical (unpaired) electrons. The maximum Gasteiger partial charge on any atom is 0.244 e. The Hall–Kier alpha value is -0.920. The fraction of sp³-hybridized carbons (Fsp3) is 0.769. The zero-order chi connectivity index (χ0) is 14.8. The average molecular weight is 300 g/mol. The van der Waals surface area contributed by atoms with E-state index in [2.05, 4.69) is 14.9 Å². The van der Waals surface area contributed by atoms with Gasteiger partial charge in [-0.15, -0.1) is 0 Å². The van der Waals surface area contributed by atoms with E-state index in [0.29, 0.717) is 36.3 Å². The summed E-state index contributed by atoms with van der Waals surface area (Å²) >= 11 is 0. The first-order valence-electron chi connectivity index (χ1n) is 7.17. The molecule has 1 aliphatic rings. The van der Waals surface area contributed by atoms with E-state index in [9.17, 15) is 8.42 Å². The molecule has 1 aromatic heterocycles. The summed E-state index contributed by atoms with van der Waals surface area (Å²) < 4.78 is 27.5. The highest BCUT2D eigenvalue weighted by Crippen LogP contribution is 2.29. The lowest BCUT2D eigenvalue weighted by Gasteiger charge is -2.30. The highest BCUT2D eigenvalue weighted by Gasteiger charge is 2.27. The predicted molar refractivity (Wildman–Crippen MR) is 77.8 cm³/mol. The summed E-state index contributed by atoms with van der Waals surface area (Å²) in [5.74, 6) is 0.772. The van der Waals surface area contributed by atoms with Crippen molar-refractivity contribution in [2.45, 2.75) is 44.4 Å². The minimum Gasteiger partial charge on any atom is -0.330 e. The molecule has 2 rings (SSSR count). The summed E-state index contributed by atoms with van der Waals surface area (Å²) in [6, 6.07) is 0. The van der Waals surface area contributed by atoms with Gasteiger partial charge in [-0.05, 0) is 45.1 Å². The van der Waals surface area contributed by atoms with Crippen molar-refractivity contribution in [2.75, 3.05) is 13.1 Å². The fourth-order valence-corrected chi connectivity index (χ4v) is 4.55. The van der Waals surface area contributed by atoms with Crippen molar-refractivity contribution >= 4 is 10.0 Å². The molecule has 0 spiro atoms. The second-order valence-electron chi connectivity index (χ2n) is 5.66. The van der Waals surface area contributed by atoms with Crippen LogP contribution >= 0.6 is 0 Å². The molecule has 0 saturated heterocycles. The van der Waals surface area contributed by atoms with Crippen molar-refractivity contribution in [3.8, 4) is 0 Å². The van der Waals surface area contributed by atoms with Gasteiger partial charge in [-0.1, -0.05) is 12.8 Å².